The maximum absolute atomic E-state index is 12.3. The number of carbonyl (C=O) groups is 1. The summed E-state index contributed by atoms with van der Waals surface area (Å²) in [7, 11) is 0. The molecule has 1 aromatic carbocycles. The highest BCUT2D eigenvalue weighted by Crippen LogP contribution is 2.35. The topological polar surface area (TPSA) is 55.6 Å². The lowest BCUT2D eigenvalue weighted by Crippen LogP contribution is -2.27. The lowest BCUT2D eigenvalue weighted by Gasteiger charge is -2.20. The number of halogens is 3. The monoisotopic (exact) mass is 274 g/mol. The molecule has 1 aliphatic heterocycles. The van der Waals surface area contributed by atoms with E-state index in [2.05, 4.69) is 4.74 Å². The summed E-state index contributed by atoms with van der Waals surface area (Å²) in [6.07, 6.45) is -4.54. The van der Waals surface area contributed by atoms with Crippen molar-refractivity contribution in [3.8, 4) is 5.75 Å². The van der Waals surface area contributed by atoms with Crippen LogP contribution in [0.25, 0.3) is 0 Å². The van der Waals surface area contributed by atoms with E-state index in [0.29, 0.717) is 13.1 Å². The van der Waals surface area contributed by atoms with Crippen LogP contribution in [0.4, 0.5) is 18.9 Å². The molecule has 0 spiro atoms. The van der Waals surface area contributed by atoms with Crippen LogP contribution in [0.5, 0.6) is 5.75 Å². The Hall–Kier alpha value is -1.76. The van der Waals surface area contributed by atoms with E-state index >= 15 is 0 Å². The first-order chi connectivity index (χ1) is 8.90. The minimum atomic E-state index is -4.79. The van der Waals surface area contributed by atoms with Crippen molar-refractivity contribution in [2.45, 2.75) is 12.8 Å². The van der Waals surface area contributed by atoms with Crippen molar-refractivity contribution >= 4 is 11.6 Å². The van der Waals surface area contributed by atoms with Gasteiger partial charge in [0.25, 0.3) is 0 Å². The molecular weight excluding hydrogens is 261 g/mol. The minimum Gasteiger partial charge on any atom is -0.404 e. The molecule has 2 N–H and O–H groups in total. The van der Waals surface area contributed by atoms with Gasteiger partial charge in [-0.25, -0.2) is 0 Å². The van der Waals surface area contributed by atoms with Gasteiger partial charge in [0.05, 0.1) is 5.69 Å². The van der Waals surface area contributed by atoms with E-state index in [1.807, 2.05) is 0 Å². The van der Waals surface area contributed by atoms with Crippen LogP contribution in [0.3, 0.4) is 0 Å². The molecule has 104 valence electrons. The van der Waals surface area contributed by atoms with Crippen molar-refractivity contribution in [1.29, 1.82) is 0 Å². The second-order valence-electron chi connectivity index (χ2n) is 4.33. The first-order valence-corrected chi connectivity index (χ1v) is 5.76. The van der Waals surface area contributed by atoms with Gasteiger partial charge in [-0.3, -0.25) is 4.79 Å². The van der Waals surface area contributed by atoms with Crippen molar-refractivity contribution in [2.75, 3.05) is 18.0 Å². The van der Waals surface area contributed by atoms with Crippen molar-refractivity contribution < 1.29 is 22.7 Å². The highest BCUT2D eigenvalue weighted by molar-refractivity contribution is 5.97. The summed E-state index contributed by atoms with van der Waals surface area (Å²) in [5, 5.41) is 0. The van der Waals surface area contributed by atoms with E-state index in [1.165, 1.54) is 23.1 Å². The fourth-order valence-electron chi connectivity index (χ4n) is 2.06. The number of nitrogens with zero attached hydrogens (tertiary/aromatic N) is 1. The number of alkyl halides is 3. The van der Waals surface area contributed by atoms with Crippen LogP contribution in [0, 0.1) is 5.92 Å². The van der Waals surface area contributed by atoms with E-state index in [1.54, 1.807) is 6.07 Å². The van der Waals surface area contributed by atoms with E-state index in [0.717, 1.165) is 0 Å². The van der Waals surface area contributed by atoms with Gasteiger partial charge in [0, 0.05) is 13.0 Å². The van der Waals surface area contributed by atoms with Gasteiger partial charge in [-0.2, -0.15) is 0 Å². The number of anilines is 1. The number of benzene rings is 1. The van der Waals surface area contributed by atoms with E-state index < -0.39 is 6.36 Å². The number of para-hydroxylation sites is 2. The Labute approximate surface area is 107 Å². The summed E-state index contributed by atoms with van der Waals surface area (Å²) in [5.41, 5.74) is 5.61. The molecule has 1 aliphatic rings. The molecule has 1 amide bonds. The second kappa shape index (κ2) is 5.08. The van der Waals surface area contributed by atoms with E-state index in [9.17, 15) is 18.0 Å². The Morgan fingerprint density at radius 1 is 1.37 bits per heavy atom. The van der Waals surface area contributed by atoms with Crippen LogP contribution in [0.2, 0.25) is 0 Å². The zero-order chi connectivity index (χ0) is 14.0. The Morgan fingerprint density at radius 3 is 2.63 bits per heavy atom. The minimum absolute atomic E-state index is 0.0357. The standard InChI is InChI=1S/C12H13F3N2O2/c13-12(14,15)19-10-4-2-1-3-9(10)17-7-8(6-16)5-11(17)18/h1-4,8H,5-7,16H2. The first-order valence-electron chi connectivity index (χ1n) is 5.76. The Bertz CT molecular complexity index is 476. The van der Waals surface area contributed by atoms with Gasteiger partial charge >= 0.3 is 6.36 Å². The quantitative estimate of drug-likeness (QED) is 0.915. The van der Waals surface area contributed by atoms with Crippen LogP contribution in [-0.4, -0.2) is 25.4 Å². The predicted octanol–water partition coefficient (Wildman–Crippen LogP) is 1.90. The van der Waals surface area contributed by atoms with Crippen LogP contribution in [0.15, 0.2) is 24.3 Å². The molecule has 7 heteroatoms. The van der Waals surface area contributed by atoms with Crippen molar-refractivity contribution in [3.63, 3.8) is 0 Å². The van der Waals surface area contributed by atoms with Crippen molar-refractivity contribution in [2.24, 2.45) is 11.7 Å². The maximum atomic E-state index is 12.3. The zero-order valence-electron chi connectivity index (χ0n) is 9.98. The van der Waals surface area contributed by atoms with Gasteiger partial charge in [0.2, 0.25) is 5.91 Å². The molecule has 0 aliphatic carbocycles. The molecule has 19 heavy (non-hydrogen) atoms. The van der Waals surface area contributed by atoms with Gasteiger partial charge in [-0.05, 0) is 24.6 Å². The van der Waals surface area contributed by atoms with Crippen LogP contribution in [0.1, 0.15) is 6.42 Å². The number of hydrogen-bond donors (Lipinski definition) is 1. The number of rotatable bonds is 3. The molecule has 4 nitrogen and oxygen atoms in total. The maximum Gasteiger partial charge on any atom is 0.573 e. The molecule has 0 radical (unpaired) electrons. The second-order valence-corrected chi connectivity index (χ2v) is 4.33. The van der Waals surface area contributed by atoms with Crippen LogP contribution >= 0.6 is 0 Å². The molecule has 0 saturated carbocycles. The average Bonchev–Trinajstić information content (AvgIpc) is 2.69. The third-order valence-corrected chi connectivity index (χ3v) is 2.92. The summed E-state index contributed by atoms with van der Waals surface area (Å²) >= 11 is 0. The molecule has 1 aromatic rings. The fourth-order valence-corrected chi connectivity index (χ4v) is 2.06. The Morgan fingerprint density at radius 2 is 2.05 bits per heavy atom. The number of carbonyl (C=O) groups excluding carboxylic acids is 1. The largest absolute Gasteiger partial charge is 0.573 e. The van der Waals surface area contributed by atoms with Gasteiger partial charge in [-0.1, -0.05) is 12.1 Å². The molecule has 1 fully saturated rings. The van der Waals surface area contributed by atoms with Gasteiger partial charge in [-0.15, -0.1) is 13.2 Å². The highest BCUT2D eigenvalue weighted by Gasteiger charge is 2.35. The molecule has 1 atom stereocenters. The molecule has 1 heterocycles. The van der Waals surface area contributed by atoms with Gasteiger partial charge in [0.15, 0.2) is 5.75 Å². The van der Waals surface area contributed by atoms with Crippen molar-refractivity contribution in [1.82, 2.24) is 0 Å². The molecule has 0 aromatic heterocycles. The number of nitrogens with two attached hydrogens (primary N) is 1. The Balaban J connectivity index is 2.27. The molecule has 1 saturated heterocycles. The predicted molar refractivity (Wildman–Crippen MR) is 62.6 cm³/mol. The SMILES string of the molecule is NCC1CC(=O)N(c2ccccc2OC(F)(F)F)C1. The lowest BCUT2D eigenvalue weighted by atomic mass is 10.1. The van der Waals surface area contributed by atoms with Gasteiger partial charge in [0.1, 0.15) is 0 Å². The first kappa shape index (κ1) is 13.7. The van der Waals surface area contributed by atoms with E-state index in [4.69, 9.17) is 5.73 Å². The van der Waals surface area contributed by atoms with Crippen LogP contribution in [-0.2, 0) is 4.79 Å². The van der Waals surface area contributed by atoms with E-state index in [-0.39, 0.29) is 29.7 Å². The summed E-state index contributed by atoms with van der Waals surface area (Å²) in [6.45, 7) is 0.637. The zero-order valence-corrected chi connectivity index (χ0v) is 9.98. The number of hydrogen-bond acceptors (Lipinski definition) is 3. The summed E-state index contributed by atoms with van der Waals surface area (Å²) < 4.78 is 40.8. The molecule has 2 rings (SSSR count). The average molecular weight is 274 g/mol. The molecule has 0 bridgehead atoms. The van der Waals surface area contributed by atoms with Crippen LogP contribution < -0.4 is 15.4 Å². The molecular formula is C12H13F3N2O2. The highest BCUT2D eigenvalue weighted by atomic mass is 19.4. The fraction of sp³-hybridized carbons (Fsp3) is 0.417. The lowest BCUT2D eigenvalue weighted by molar-refractivity contribution is -0.274. The number of ether oxygens (including phenoxy) is 1. The molecule has 1 unspecified atom stereocenters. The third kappa shape index (κ3) is 3.17. The number of amides is 1. The Kier molecular flexibility index (Phi) is 3.66. The smallest absolute Gasteiger partial charge is 0.404 e. The summed E-state index contributed by atoms with van der Waals surface area (Å²) in [4.78, 5) is 13.1. The third-order valence-electron chi connectivity index (χ3n) is 2.92. The summed E-state index contributed by atoms with van der Waals surface area (Å²) in [6, 6.07) is 5.59. The normalized spacial score (nSPS) is 19.9. The van der Waals surface area contributed by atoms with Crippen molar-refractivity contribution in [3.05, 3.63) is 24.3 Å². The van der Waals surface area contributed by atoms with Gasteiger partial charge < -0.3 is 15.4 Å². The summed E-state index contributed by atoms with van der Waals surface area (Å²) in [5.74, 6) is -0.652.